The van der Waals surface area contributed by atoms with Gasteiger partial charge in [0.2, 0.25) is 0 Å². The summed E-state index contributed by atoms with van der Waals surface area (Å²) in [6.45, 7) is 7.90. The molecular formula is C36H44O4Si. The maximum Gasteiger partial charge on any atom is 0.179 e. The molecule has 4 nitrogen and oxygen atoms in total. The molecule has 0 aromatic heterocycles. The zero-order chi connectivity index (χ0) is 29.6. The Balaban J connectivity index is 2.02. The highest BCUT2D eigenvalue weighted by Crippen LogP contribution is 2.21. The highest BCUT2D eigenvalue weighted by molar-refractivity contribution is 7.19. The molecule has 0 aliphatic carbocycles. The van der Waals surface area contributed by atoms with E-state index in [2.05, 4.69) is 48.5 Å². The van der Waals surface area contributed by atoms with Gasteiger partial charge in [-0.1, -0.05) is 125 Å². The van der Waals surface area contributed by atoms with Crippen molar-refractivity contribution in [2.24, 2.45) is 0 Å². The normalized spacial score (nSPS) is 16.0. The van der Waals surface area contributed by atoms with E-state index in [1.165, 1.54) is 20.7 Å². The minimum Gasteiger partial charge on any atom is -0.388 e. The molecule has 4 aromatic rings. The van der Waals surface area contributed by atoms with Gasteiger partial charge in [-0.15, -0.1) is 0 Å². The highest BCUT2D eigenvalue weighted by Gasteiger charge is 2.41. The summed E-state index contributed by atoms with van der Waals surface area (Å²) in [4.78, 5) is 0. The number of aliphatic hydroxyl groups is 4. The number of aliphatic hydroxyl groups excluding tert-OH is 4. The first kappa shape index (κ1) is 30.9. The zero-order valence-corrected chi connectivity index (χ0v) is 25.7. The maximum absolute atomic E-state index is 10.5. The lowest BCUT2D eigenvalue weighted by atomic mass is 10.1. The second-order valence-corrected chi connectivity index (χ2v) is 14.7. The molecule has 0 amide bonds. The van der Waals surface area contributed by atoms with Crippen LogP contribution in [0, 0.1) is 0 Å². The highest BCUT2D eigenvalue weighted by atomic mass is 28.3. The summed E-state index contributed by atoms with van der Waals surface area (Å²) in [6, 6.07) is 33.5. The quantitative estimate of drug-likeness (QED) is 0.146. The molecule has 4 atom stereocenters. The predicted octanol–water partition coefficient (Wildman–Crippen LogP) is 4.84. The van der Waals surface area contributed by atoms with Crippen molar-refractivity contribution in [3.8, 4) is 0 Å². The fourth-order valence-electron chi connectivity index (χ4n) is 5.76. The maximum atomic E-state index is 10.5. The molecule has 0 aliphatic heterocycles. The van der Waals surface area contributed by atoms with Gasteiger partial charge >= 0.3 is 0 Å². The van der Waals surface area contributed by atoms with Crippen LogP contribution in [0.3, 0.4) is 0 Å². The summed E-state index contributed by atoms with van der Waals surface area (Å²) in [5.74, 6) is 0. The lowest BCUT2D eigenvalue weighted by molar-refractivity contribution is 0.173. The molecule has 4 unspecified atom stereocenters. The van der Waals surface area contributed by atoms with Gasteiger partial charge in [0.25, 0.3) is 0 Å². The molecule has 0 fully saturated rings. The van der Waals surface area contributed by atoms with Crippen LogP contribution in [0.1, 0.15) is 100 Å². The van der Waals surface area contributed by atoms with Crippen molar-refractivity contribution in [2.75, 3.05) is 0 Å². The lowest BCUT2D eigenvalue weighted by Crippen LogP contribution is -2.74. The molecule has 4 aromatic carbocycles. The molecule has 4 N–H and O–H groups in total. The second kappa shape index (κ2) is 13.7. The molecule has 0 heterocycles. The molecule has 0 saturated heterocycles. The van der Waals surface area contributed by atoms with Crippen LogP contribution in [0.5, 0.6) is 0 Å². The van der Waals surface area contributed by atoms with Gasteiger partial charge in [-0.05, 0) is 68.7 Å². The Morgan fingerprint density at radius 3 is 0.683 bits per heavy atom. The Kier molecular flexibility index (Phi) is 10.3. The molecular weight excluding hydrogens is 524 g/mol. The minimum atomic E-state index is -2.90. The van der Waals surface area contributed by atoms with Gasteiger partial charge in [-0.25, -0.2) is 0 Å². The fourth-order valence-corrected chi connectivity index (χ4v) is 10.4. The van der Waals surface area contributed by atoms with E-state index in [4.69, 9.17) is 0 Å². The van der Waals surface area contributed by atoms with Crippen molar-refractivity contribution in [1.29, 1.82) is 0 Å². The molecule has 0 aliphatic rings. The Hall–Kier alpha value is -3.06. The molecule has 5 heteroatoms. The first-order valence-electron chi connectivity index (χ1n) is 14.9. The van der Waals surface area contributed by atoms with E-state index in [9.17, 15) is 20.4 Å². The zero-order valence-electron chi connectivity index (χ0n) is 24.7. The topological polar surface area (TPSA) is 80.9 Å². The Morgan fingerprint density at radius 2 is 0.537 bits per heavy atom. The first-order valence-corrected chi connectivity index (χ1v) is 16.9. The van der Waals surface area contributed by atoms with Crippen LogP contribution in [0.2, 0.25) is 0 Å². The van der Waals surface area contributed by atoms with E-state index in [1.54, 1.807) is 0 Å². The van der Waals surface area contributed by atoms with Gasteiger partial charge in [-0.2, -0.15) is 0 Å². The third kappa shape index (κ3) is 6.25. The van der Waals surface area contributed by atoms with Crippen LogP contribution in [0.4, 0.5) is 0 Å². The minimum absolute atomic E-state index is 0.514. The van der Waals surface area contributed by atoms with E-state index in [-0.39, 0.29) is 0 Å². The van der Waals surface area contributed by atoms with Crippen LogP contribution in [0.25, 0.3) is 0 Å². The Bertz CT molecular complexity index is 1150. The third-order valence-electron chi connectivity index (χ3n) is 8.46. The van der Waals surface area contributed by atoms with Gasteiger partial charge in [0.15, 0.2) is 8.07 Å². The summed E-state index contributed by atoms with van der Waals surface area (Å²) in [5.41, 5.74) is 3.57. The van der Waals surface area contributed by atoms with Crippen LogP contribution in [-0.4, -0.2) is 28.5 Å². The van der Waals surface area contributed by atoms with Crippen LogP contribution >= 0.6 is 0 Å². The van der Waals surface area contributed by atoms with Crippen molar-refractivity contribution in [1.82, 2.24) is 0 Å². The smallest absolute Gasteiger partial charge is 0.179 e. The number of hydrogen-bond donors (Lipinski definition) is 4. The monoisotopic (exact) mass is 568 g/mol. The van der Waals surface area contributed by atoms with Crippen LogP contribution < -0.4 is 20.7 Å². The standard InChI is InChI=1S/C36H44O4Si/c1-5-33(37)25-9-17-29(18-10-25)41(30-19-11-26(12-20-30)34(38)6-2,31-21-13-27(14-22-31)35(39)7-3)32-23-15-28(16-24-32)36(40)8-4/h9-24,33-40H,5-8H2,1-4H3. The van der Waals surface area contributed by atoms with E-state index in [1.807, 2.05) is 76.2 Å². The van der Waals surface area contributed by atoms with Crippen molar-refractivity contribution >= 4 is 28.8 Å². The third-order valence-corrected chi connectivity index (χ3v) is 13.3. The molecule has 0 saturated carbocycles. The second-order valence-electron chi connectivity index (χ2n) is 10.9. The van der Waals surface area contributed by atoms with Crippen LogP contribution in [-0.2, 0) is 0 Å². The first-order chi connectivity index (χ1) is 19.8. The van der Waals surface area contributed by atoms with E-state index < -0.39 is 32.5 Å². The average Bonchev–Trinajstić information content (AvgIpc) is 3.04. The lowest BCUT2D eigenvalue weighted by Gasteiger charge is -2.35. The van der Waals surface area contributed by atoms with Gasteiger partial charge in [-0.3, -0.25) is 0 Å². The van der Waals surface area contributed by atoms with Gasteiger partial charge in [0.05, 0.1) is 24.4 Å². The Morgan fingerprint density at radius 1 is 0.366 bits per heavy atom. The summed E-state index contributed by atoms with van der Waals surface area (Å²) >= 11 is 0. The Labute approximate surface area is 246 Å². The van der Waals surface area contributed by atoms with E-state index in [0.717, 1.165) is 22.3 Å². The van der Waals surface area contributed by atoms with Crippen molar-refractivity contribution in [3.05, 3.63) is 119 Å². The van der Waals surface area contributed by atoms with Crippen molar-refractivity contribution in [2.45, 2.75) is 77.8 Å². The average molecular weight is 569 g/mol. The van der Waals surface area contributed by atoms with Gasteiger partial charge in [0, 0.05) is 0 Å². The summed E-state index contributed by atoms with van der Waals surface area (Å²) < 4.78 is 0. The predicted molar refractivity (Wildman–Crippen MR) is 171 cm³/mol. The van der Waals surface area contributed by atoms with E-state index in [0.29, 0.717) is 25.7 Å². The van der Waals surface area contributed by atoms with Crippen LogP contribution in [0.15, 0.2) is 97.1 Å². The summed E-state index contributed by atoms with van der Waals surface area (Å²) in [5, 5.41) is 46.8. The van der Waals surface area contributed by atoms with Gasteiger partial charge < -0.3 is 20.4 Å². The molecule has 4 rings (SSSR count). The molecule has 0 radical (unpaired) electrons. The van der Waals surface area contributed by atoms with E-state index >= 15 is 0 Å². The molecule has 216 valence electrons. The summed E-state index contributed by atoms with van der Waals surface area (Å²) in [7, 11) is -2.90. The van der Waals surface area contributed by atoms with Crippen molar-refractivity contribution in [3.63, 3.8) is 0 Å². The molecule has 0 spiro atoms. The number of hydrogen-bond acceptors (Lipinski definition) is 4. The SMILES string of the molecule is CCC(O)c1ccc([Si](c2ccc(C(O)CC)cc2)(c2ccc(C(O)CC)cc2)c2ccc(C(O)CC)cc2)cc1. The fraction of sp³-hybridized carbons (Fsp3) is 0.333. The number of benzene rings is 4. The van der Waals surface area contributed by atoms with Crippen molar-refractivity contribution < 1.29 is 20.4 Å². The number of rotatable bonds is 12. The molecule has 41 heavy (non-hydrogen) atoms. The summed E-state index contributed by atoms with van der Waals surface area (Å²) in [6.07, 6.45) is 0.520. The van der Waals surface area contributed by atoms with Gasteiger partial charge in [0.1, 0.15) is 0 Å². The molecule has 0 bridgehead atoms. The largest absolute Gasteiger partial charge is 0.388 e.